The van der Waals surface area contributed by atoms with Gasteiger partial charge in [-0.15, -0.1) is 0 Å². The summed E-state index contributed by atoms with van der Waals surface area (Å²) < 4.78 is 17.4. The molecule has 2 atom stereocenters. The van der Waals surface area contributed by atoms with Crippen molar-refractivity contribution in [1.82, 2.24) is 5.43 Å². The van der Waals surface area contributed by atoms with Crippen LogP contribution in [0.4, 0.5) is 0 Å². The summed E-state index contributed by atoms with van der Waals surface area (Å²) in [6.07, 6.45) is 5.49. The molecule has 3 N–H and O–H groups in total. The lowest BCUT2D eigenvalue weighted by Gasteiger charge is -2.49. The van der Waals surface area contributed by atoms with Crippen LogP contribution < -0.4 is 11.3 Å². The lowest BCUT2D eigenvalue weighted by atomic mass is 9.70. The van der Waals surface area contributed by atoms with Crippen LogP contribution in [0, 0.1) is 5.92 Å². The van der Waals surface area contributed by atoms with E-state index in [4.69, 9.17) is 20.1 Å². The van der Waals surface area contributed by atoms with E-state index in [0.717, 1.165) is 19.4 Å². The minimum Gasteiger partial charge on any atom is -0.375 e. The second-order valence-electron chi connectivity index (χ2n) is 5.61. The zero-order valence-electron chi connectivity index (χ0n) is 12.2. The molecule has 2 fully saturated rings. The lowest BCUT2D eigenvalue weighted by Crippen LogP contribution is -2.56. The Morgan fingerprint density at radius 3 is 2.47 bits per heavy atom. The summed E-state index contributed by atoms with van der Waals surface area (Å²) in [4.78, 5) is 0. The molecule has 0 bridgehead atoms. The van der Waals surface area contributed by atoms with Gasteiger partial charge >= 0.3 is 0 Å². The first-order valence-electron chi connectivity index (χ1n) is 7.58. The molecule has 1 aliphatic carbocycles. The number of hydrogen-bond donors (Lipinski definition) is 2. The Balaban J connectivity index is 1.98. The van der Waals surface area contributed by atoms with Crippen molar-refractivity contribution in [3.8, 4) is 0 Å². The Morgan fingerprint density at radius 2 is 2.00 bits per heavy atom. The van der Waals surface area contributed by atoms with Gasteiger partial charge in [-0.25, -0.2) is 0 Å². The summed E-state index contributed by atoms with van der Waals surface area (Å²) in [5.74, 6) is 6.22. The predicted octanol–water partition coefficient (Wildman–Crippen LogP) is 1.57. The van der Waals surface area contributed by atoms with E-state index in [-0.39, 0.29) is 17.9 Å². The zero-order valence-corrected chi connectivity index (χ0v) is 12.2. The highest BCUT2D eigenvalue weighted by Crippen LogP contribution is 2.45. The predicted molar refractivity (Wildman–Crippen MR) is 73.4 cm³/mol. The molecule has 1 spiro atoms. The van der Waals surface area contributed by atoms with Crippen molar-refractivity contribution in [1.29, 1.82) is 0 Å². The van der Waals surface area contributed by atoms with E-state index in [9.17, 15) is 0 Å². The Hall–Kier alpha value is -0.200. The van der Waals surface area contributed by atoms with Crippen LogP contribution in [0.3, 0.4) is 0 Å². The number of hydrazine groups is 1. The SMILES string of the molecule is CCOC(OCC)C(NN)C1CCOC2(CCC2)C1. The number of nitrogens with two attached hydrogens (primary N) is 1. The van der Waals surface area contributed by atoms with E-state index in [1.54, 1.807) is 0 Å². The average molecular weight is 272 g/mol. The highest BCUT2D eigenvalue weighted by Gasteiger charge is 2.45. The third-order valence-corrected chi connectivity index (χ3v) is 4.45. The summed E-state index contributed by atoms with van der Waals surface area (Å²) >= 11 is 0. The normalized spacial score (nSPS) is 27.5. The fourth-order valence-electron chi connectivity index (χ4n) is 3.31. The number of nitrogens with one attached hydrogen (secondary N) is 1. The third-order valence-electron chi connectivity index (χ3n) is 4.45. The number of rotatable bonds is 7. The molecule has 0 aromatic heterocycles. The first-order chi connectivity index (χ1) is 9.24. The number of hydrogen-bond acceptors (Lipinski definition) is 5. The summed E-state index contributed by atoms with van der Waals surface area (Å²) in [5.41, 5.74) is 3.05. The third kappa shape index (κ3) is 3.47. The molecule has 0 aromatic rings. The van der Waals surface area contributed by atoms with Crippen LogP contribution in [-0.2, 0) is 14.2 Å². The average Bonchev–Trinajstić information content (AvgIpc) is 2.39. The largest absolute Gasteiger partial charge is 0.375 e. The Bertz CT molecular complexity index is 265. The standard InChI is InChI=1S/C14H28N2O3/c1-3-17-13(18-4-2)12(16-15)11-6-9-19-14(10-11)7-5-8-14/h11-13,16H,3-10,15H2,1-2H3. The Kier molecular flexibility index (Phi) is 5.59. The van der Waals surface area contributed by atoms with Crippen molar-refractivity contribution in [2.24, 2.45) is 11.8 Å². The molecule has 1 heterocycles. The van der Waals surface area contributed by atoms with E-state index >= 15 is 0 Å². The summed E-state index contributed by atoms with van der Waals surface area (Å²) in [5, 5.41) is 0. The van der Waals surface area contributed by atoms with Crippen molar-refractivity contribution < 1.29 is 14.2 Å². The van der Waals surface area contributed by atoms with Crippen molar-refractivity contribution >= 4 is 0 Å². The zero-order chi connectivity index (χ0) is 13.7. The van der Waals surface area contributed by atoms with E-state index in [2.05, 4.69) is 5.43 Å². The quantitative estimate of drug-likeness (QED) is 0.418. The lowest BCUT2D eigenvalue weighted by molar-refractivity contribution is -0.190. The maximum Gasteiger partial charge on any atom is 0.174 e. The van der Waals surface area contributed by atoms with E-state index < -0.39 is 0 Å². The van der Waals surface area contributed by atoms with E-state index in [1.807, 2.05) is 13.8 Å². The molecule has 2 unspecified atom stereocenters. The fraction of sp³-hybridized carbons (Fsp3) is 1.00. The minimum absolute atomic E-state index is 0.0428. The summed E-state index contributed by atoms with van der Waals surface area (Å²) in [6, 6.07) is 0.0428. The maximum atomic E-state index is 5.98. The van der Waals surface area contributed by atoms with Gasteiger partial charge in [0, 0.05) is 19.8 Å². The van der Waals surface area contributed by atoms with Gasteiger partial charge in [0.15, 0.2) is 6.29 Å². The second-order valence-corrected chi connectivity index (χ2v) is 5.61. The van der Waals surface area contributed by atoms with Gasteiger partial charge in [0.05, 0.1) is 11.6 Å². The van der Waals surface area contributed by atoms with Crippen molar-refractivity contribution in [3.63, 3.8) is 0 Å². The van der Waals surface area contributed by atoms with Crippen LogP contribution in [0.15, 0.2) is 0 Å². The molecule has 0 radical (unpaired) electrons. The summed E-state index contributed by atoms with van der Waals surface area (Å²) in [7, 11) is 0. The van der Waals surface area contributed by atoms with Gasteiger partial charge in [0.1, 0.15) is 0 Å². The molecule has 1 aliphatic heterocycles. The van der Waals surface area contributed by atoms with E-state index in [1.165, 1.54) is 19.3 Å². The molecule has 0 amide bonds. The van der Waals surface area contributed by atoms with Crippen molar-refractivity contribution in [2.45, 2.75) is 63.9 Å². The van der Waals surface area contributed by atoms with Crippen LogP contribution in [0.1, 0.15) is 46.0 Å². The molecule has 2 rings (SSSR count). The molecular formula is C14H28N2O3. The minimum atomic E-state index is -0.264. The molecule has 1 saturated carbocycles. The number of ether oxygens (including phenoxy) is 3. The topological polar surface area (TPSA) is 65.7 Å². The Labute approximate surface area is 116 Å². The van der Waals surface area contributed by atoms with Crippen LogP contribution in [0.2, 0.25) is 0 Å². The maximum absolute atomic E-state index is 5.98. The second kappa shape index (κ2) is 6.99. The van der Waals surface area contributed by atoms with Gasteiger partial charge < -0.3 is 14.2 Å². The molecule has 2 aliphatic rings. The van der Waals surface area contributed by atoms with E-state index in [0.29, 0.717) is 19.1 Å². The fourth-order valence-corrected chi connectivity index (χ4v) is 3.31. The molecular weight excluding hydrogens is 244 g/mol. The monoisotopic (exact) mass is 272 g/mol. The smallest absolute Gasteiger partial charge is 0.174 e. The van der Waals surface area contributed by atoms with Gasteiger partial charge in [-0.2, -0.15) is 0 Å². The van der Waals surface area contributed by atoms with Crippen LogP contribution in [0.5, 0.6) is 0 Å². The van der Waals surface area contributed by atoms with Gasteiger partial charge in [-0.1, -0.05) is 0 Å². The molecule has 5 nitrogen and oxygen atoms in total. The van der Waals surface area contributed by atoms with Crippen LogP contribution >= 0.6 is 0 Å². The molecule has 112 valence electrons. The highest BCUT2D eigenvalue weighted by atomic mass is 16.7. The first kappa shape index (κ1) is 15.2. The molecule has 19 heavy (non-hydrogen) atoms. The Morgan fingerprint density at radius 1 is 1.32 bits per heavy atom. The van der Waals surface area contributed by atoms with Gasteiger partial charge in [0.2, 0.25) is 0 Å². The molecule has 1 saturated heterocycles. The van der Waals surface area contributed by atoms with Gasteiger partial charge in [-0.3, -0.25) is 11.3 Å². The molecule has 5 heteroatoms. The van der Waals surface area contributed by atoms with Crippen molar-refractivity contribution in [2.75, 3.05) is 19.8 Å². The van der Waals surface area contributed by atoms with Crippen LogP contribution in [-0.4, -0.2) is 37.8 Å². The summed E-state index contributed by atoms with van der Waals surface area (Å²) in [6.45, 7) is 6.07. The van der Waals surface area contributed by atoms with Gasteiger partial charge in [-0.05, 0) is 51.9 Å². The first-order valence-corrected chi connectivity index (χ1v) is 7.58. The van der Waals surface area contributed by atoms with Crippen molar-refractivity contribution in [3.05, 3.63) is 0 Å². The van der Waals surface area contributed by atoms with Gasteiger partial charge in [0.25, 0.3) is 0 Å². The highest BCUT2D eigenvalue weighted by molar-refractivity contribution is 4.97. The molecule has 0 aromatic carbocycles. The van der Waals surface area contributed by atoms with Crippen LogP contribution in [0.25, 0.3) is 0 Å².